The molecular weight excluding hydrogens is 308 g/mol. The summed E-state index contributed by atoms with van der Waals surface area (Å²) in [6.45, 7) is 3.76. The highest BCUT2D eigenvalue weighted by molar-refractivity contribution is 5.93. The van der Waals surface area contributed by atoms with Crippen LogP contribution in [0.25, 0.3) is 5.69 Å². The van der Waals surface area contributed by atoms with E-state index >= 15 is 0 Å². The molecule has 0 saturated heterocycles. The van der Waals surface area contributed by atoms with Gasteiger partial charge in [0, 0.05) is 6.04 Å². The minimum Gasteiger partial charge on any atom is -0.481 e. The molecule has 3 rings (SSSR count). The molecule has 1 aliphatic carbocycles. The molecule has 24 heavy (non-hydrogen) atoms. The molecule has 0 spiro atoms. The predicted octanol–water partition coefficient (Wildman–Crippen LogP) is 1.87. The summed E-state index contributed by atoms with van der Waals surface area (Å²) in [5.74, 6) is -1.76. The number of carbonyl (C=O) groups excluding carboxylic acids is 1. The van der Waals surface area contributed by atoms with E-state index < -0.39 is 11.9 Å². The summed E-state index contributed by atoms with van der Waals surface area (Å²) in [6, 6.07) is 7.41. The SMILES string of the molecule is Cc1cccc(-n2nnc(C(=O)N[C@@H]3CCC[C@@H]3C(=O)O)c2C)c1. The number of hydrogen-bond acceptors (Lipinski definition) is 4. The Balaban J connectivity index is 1.80. The Bertz CT molecular complexity index is 784. The third-order valence-electron chi connectivity index (χ3n) is 4.51. The molecule has 1 saturated carbocycles. The van der Waals surface area contributed by atoms with Crippen molar-refractivity contribution in [1.82, 2.24) is 20.3 Å². The van der Waals surface area contributed by atoms with Crippen molar-refractivity contribution in [3.63, 3.8) is 0 Å². The molecular formula is C17H20N4O3. The van der Waals surface area contributed by atoms with Crippen molar-refractivity contribution in [1.29, 1.82) is 0 Å². The molecule has 1 amide bonds. The van der Waals surface area contributed by atoms with E-state index in [1.165, 1.54) is 0 Å². The second-order valence-corrected chi connectivity index (χ2v) is 6.23. The van der Waals surface area contributed by atoms with Gasteiger partial charge in [0.05, 0.1) is 17.3 Å². The highest BCUT2D eigenvalue weighted by Gasteiger charge is 2.34. The molecule has 2 N–H and O–H groups in total. The number of amides is 1. The zero-order valence-corrected chi connectivity index (χ0v) is 13.7. The van der Waals surface area contributed by atoms with Crippen LogP contribution < -0.4 is 5.32 Å². The molecule has 1 aliphatic rings. The summed E-state index contributed by atoms with van der Waals surface area (Å²) < 4.78 is 1.62. The lowest BCUT2D eigenvalue weighted by Gasteiger charge is -2.16. The van der Waals surface area contributed by atoms with Crippen molar-refractivity contribution in [3.05, 3.63) is 41.2 Å². The standard InChI is InChI=1S/C17H20N4O3/c1-10-5-3-6-12(9-10)21-11(2)15(19-20-21)16(22)18-14-8-4-7-13(14)17(23)24/h3,5-6,9,13-14H,4,7-8H2,1-2H3,(H,18,22)(H,23,24)/t13-,14+/m0/s1. The largest absolute Gasteiger partial charge is 0.481 e. The Hall–Kier alpha value is -2.70. The molecule has 0 radical (unpaired) electrons. The molecule has 1 fully saturated rings. The first kappa shape index (κ1) is 16.2. The predicted molar refractivity (Wildman–Crippen MR) is 87.1 cm³/mol. The van der Waals surface area contributed by atoms with E-state index in [1.807, 2.05) is 31.2 Å². The first-order valence-electron chi connectivity index (χ1n) is 8.00. The van der Waals surface area contributed by atoms with E-state index in [1.54, 1.807) is 11.6 Å². The van der Waals surface area contributed by atoms with Gasteiger partial charge in [-0.3, -0.25) is 9.59 Å². The number of nitrogens with one attached hydrogen (secondary N) is 1. The van der Waals surface area contributed by atoms with Gasteiger partial charge < -0.3 is 10.4 Å². The van der Waals surface area contributed by atoms with Crippen LogP contribution in [0.15, 0.2) is 24.3 Å². The van der Waals surface area contributed by atoms with Crippen LogP contribution in [0, 0.1) is 19.8 Å². The van der Waals surface area contributed by atoms with E-state index in [9.17, 15) is 14.7 Å². The zero-order valence-electron chi connectivity index (χ0n) is 13.7. The molecule has 1 aromatic heterocycles. The lowest BCUT2D eigenvalue weighted by Crippen LogP contribution is -2.40. The summed E-state index contributed by atoms with van der Waals surface area (Å²) in [7, 11) is 0. The van der Waals surface area contributed by atoms with E-state index in [2.05, 4.69) is 15.6 Å². The van der Waals surface area contributed by atoms with E-state index in [4.69, 9.17) is 0 Å². The average molecular weight is 328 g/mol. The maximum Gasteiger partial charge on any atom is 0.308 e. The second kappa shape index (κ2) is 6.43. The van der Waals surface area contributed by atoms with Crippen LogP contribution in [-0.2, 0) is 4.79 Å². The third-order valence-corrected chi connectivity index (χ3v) is 4.51. The monoisotopic (exact) mass is 328 g/mol. The number of carboxylic acids is 1. The van der Waals surface area contributed by atoms with Gasteiger partial charge in [-0.1, -0.05) is 23.8 Å². The molecule has 7 heteroatoms. The van der Waals surface area contributed by atoms with Crippen molar-refractivity contribution in [3.8, 4) is 5.69 Å². The maximum atomic E-state index is 12.5. The van der Waals surface area contributed by atoms with Gasteiger partial charge in [-0.05, 0) is 44.4 Å². The highest BCUT2D eigenvalue weighted by Crippen LogP contribution is 2.26. The Morgan fingerprint density at radius 3 is 2.79 bits per heavy atom. The number of hydrogen-bond donors (Lipinski definition) is 2. The Kier molecular flexibility index (Phi) is 4.33. The number of carboxylic acid groups (broad SMARTS) is 1. The number of nitrogens with zero attached hydrogens (tertiary/aromatic N) is 3. The summed E-state index contributed by atoms with van der Waals surface area (Å²) in [4.78, 5) is 23.7. The normalized spacial score (nSPS) is 20.1. The van der Waals surface area contributed by atoms with Crippen LogP contribution in [0.5, 0.6) is 0 Å². The Morgan fingerprint density at radius 2 is 2.08 bits per heavy atom. The minimum absolute atomic E-state index is 0.229. The molecule has 7 nitrogen and oxygen atoms in total. The van der Waals surface area contributed by atoms with Crippen LogP contribution in [0.1, 0.15) is 41.0 Å². The van der Waals surface area contributed by atoms with Crippen molar-refractivity contribution < 1.29 is 14.7 Å². The first-order chi connectivity index (χ1) is 11.5. The summed E-state index contributed by atoms with van der Waals surface area (Å²) >= 11 is 0. The molecule has 0 bridgehead atoms. The van der Waals surface area contributed by atoms with Crippen LogP contribution in [0.4, 0.5) is 0 Å². The van der Waals surface area contributed by atoms with Crippen LogP contribution in [0.3, 0.4) is 0 Å². The highest BCUT2D eigenvalue weighted by atomic mass is 16.4. The van der Waals surface area contributed by atoms with Crippen molar-refractivity contribution >= 4 is 11.9 Å². The smallest absolute Gasteiger partial charge is 0.308 e. The Labute approximate surface area is 139 Å². The molecule has 1 heterocycles. The van der Waals surface area contributed by atoms with Gasteiger partial charge in [-0.25, -0.2) is 4.68 Å². The number of carbonyl (C=O) groups is 2. The topological polar surface area (TPSA) is 97.1 Å². The number of aliphatic carboxylic acids is 1. The fourth-order valence-corrected chi connectivity index (χ4v) is 3.21. The van der Waals surface area contributed by atoms with Gasteiger partial charge in [-0.15, -0.1) is 5.10 Å². The van der Waals surface area contributed by atoms with E-state index in [-0.39, 0.29) is 17.6 Å². The van der Waals surface area contributed by atoms with Crippen molar-refractivity contribution in [2.45, 2.75) is 39.2 Å². The molecule has 0 unspecified atom stereocenters. The van der Waals surface area contributed by atoms with Crippen LogP contribution >= 0.6 is 0 Å². The fraction of sp³-hybridized carbons (Fsp3) is 0.412. The average Bonchev–Trinajstić information content (AvgIpc) is 3.13. The summed E-state index contributed by atoms with van der Waals surface area (Å²) in [5.41, 5.74) is 2.78. The van der Waals surface area contributed by atoms with E-state index in [0.717, 1.165) is 17.7 Å². The quantitative estimate of drug-likeness (QED) is 0.893. The van der Waals surface area contributed by atoms with Crippen LogP contribution in [0.2, 0.25) is 0 Å². The van der Waals surface area contributed by atoms with Crippen molar-refractivity contribution in [2.75, 3.05) is 0 Å². The van der Waals surface area contributed by atoms with Crippen LogP contribution in [-0.4, -0.2) is 38.0 Å². The van der Waals surface area contributed by atoms with Gasteiger partial charge >= 0.3 is 5.97 Å². The number of aryl methyl sites for hydroxylation is 1. The summed E-state index contributed by atoms with van der Waals surface area (Å²) in [5, 5.41) is 20.1. The lowest BCUT2D eigenvalue weighted by molar-refractivity contribution is -0.142. The second-order valence-electron chi connectivity index (χ2n) is 6.23. The molecule has 1 aromatic carbocycles. The van der Waals surface area contributed by atoms with Gasteiger partial charge in [0.15, 0.2) is 5.69 Å². The first-order valence-corrected chi connectivity index (χ1v) is 8.00. The van der Waals surface area contributed by atoms with Gasteiger partial charge in [0.25, 0.3) is 5.91 Å². The van der Waals surface area contributed by atoms with Crippen molar-refractivity contribution in [2.24, 2.45) is 5.92 Å². The number of aromatic nitrogens is 3. The van der Waals surface area contributed by atoms with Gasteiger partial charge in [0.2, 0.25) is 0 Å². The van der Waals surface area contributed by atoms with Gasteiger partial charge in [0.1, 0.15) is 0 Å². The lowest BCUT2D eigenvalue weighted by atomic mass is 10.0. The number of rotatable bonds is 4. The maximum absolute atomic E-state index is 12.5. The summed E-state index contributed by atoms with van der Waals surface area (Å²) in [6.07, 6.45) is 2.07. The van der Waals surface area contributed by atoms with Gasteiger partial charge in [-0.2, -0.15) is 0 Å². The van der Waals surface area contributed by atoms with E-state index in [0.29, 0.717) is 18.5 Å². The molecule has 0 aliphatic heterocycles. The number of benzene rings is 1. The fourth-order valence-electron chi connectivity index (χ4n) is 3.21. The minimum atomic E-state index is -0.863. The molecule has 126 valence electrons. The third kappa shape index (κ3) is 3.02. The molecule has 2 aromatic rings. The molecule has 2 atom stereocenters. The zero-order chi connectivity index (χ0) is 17.3. The Morgan fingerprint density at radius 1 is 1.29 bits per heavy atom.